The van der Waals surface area contributed by atoms with Crippen molar-refractivity contribution in [1.29, 1.82) is 0 Å². The molecule has 120 valence electrons. The molecule has 0 heterocycles. The summed E-state index contributed by atoms with van der Waals surface area (Å²) in [6.07, 6.45) is 3.33. The molecule has 1 N–H and O–H groups in total. The lowest BCUT2D eigenvalue weighted by atomic mass is 9.99. The van der Waals surface area contributed by atoms with Crippen molar-refractivity contribution in [1.82, 2.24) is 5.32 Å². The zero-order chi connectivity index (χ0) is 15.7. The van der Waals surface area contributed by atoms with Crippen LogP contribution < -0.4 is 5.32 Å². The molecule has 21 heavy (non-hydrogen) atoms. The third kappa shape index (κ3) is 8.10. The summed E-state index contributed by atoms with van der Waals surface area (Å²) in [5.41, 5.74) is -0.0487. The van der Waals surface area contributed by atoms with E-state index in [1.807, 2.05) is 30.0 Å². The number of benzene rings is 1. The fourth-order valence-corrected chi connectivity index (χ4v) is 3.29. The summed E-state index contributed by atoms with van der Waals surface area (Å²) in [6, 6.07) is 8.57. The average molecular weight is 330 g/mol. The van der Waals surface area contributed by atoms with Gasteiger partial charge in [0.25, 0.3) is 0 Å². The zero-order valence-corrected chi connectivity index (χ0v) is 15.2. The van der Waals surface area contributed by atoms with Gasteiger partial charge in [-0.25, -0.2) is 0 Å². The maximum atomic E-state index is 6.04. The van der Waals surface area contributed by atoms with E-state index < -0.39 is 0 Å². The molecule has 0 bridgehead atoms. The number of thioether (sulfide) groups is 1. The van der Waals surface area contributed by atoms with E-state index >= 15 is 0 Å². The molecule has 1 unspecified atom stereocenters. The molecule has 1 atom stereocenters. The van der Waals surface area contributed by atoms with Gasteiger partial charge in [-0.05, 0) is 57.9 Å². The Balaban J connectivity index is 2.49. The zero-order valence-electron chi connectivity index (χ0n) is 13.6. The van der Waals surface area contributed by atoms with Gasteiger partial charge in [-0.3, -0.25) is 0 Å². The molecule has 0 saturated carbocycles. The molecule has 0 aliphatic heterocycles. The molecule has 0 saturated heterocycles. The summed E-state index contributed by atoms with van der Waals surface area (Å²) < 4.78 is 5.52. The molecule has 0 amide bonds. The third-order valence-corrected chi connectivity index (χ3v) is 4.97. The molecule has 1 aromatic carbocycles. The SMILES string of the molecule is CCCNC(CCC(C)(C)OC)CSc1cccc(Cl)c1. The van der Waals surface area contributed by atoms with Crippen LogP contribution in [0.1, 0.15) is 40.0 Å². The molecule has 0 spiro atoms. The fraction of sp³-hybridized carbons (Fsp3) is 0.647. The highest BCUT2D eigenvalue weighted by atomic mass is 35.5. The summed E-state index contributed by atoms with van der Waals surface area (Å²) in [7, 11) is 1.79. The highest BCUT2D eigenvalue weighted by Gasteiger charge is 2.19. The van der Waals surface area contributed by atoms with Crippen LogP contribution in [0.15, 0.2) is 29.2 Å². The maximum Gasteiger partial charge on any atom is 0.0623 e. The van der Waals surface area contributed by atoms with Crippen LogP contribution in [0.3, 0.4) is 0 Å². The largest absolute Gasteiger partial charge is 0.379 e. The first-order valence-corrected chi connectivity index (χ1v) is 9.00. The lowest BCUT2D eigenvalue weighted by Crippen LogP contribution is -2.34. The Morgan fingerprint density at radius 1 is 1.38 bits per heavy atom. The minimum absolute atomic E-state index is 0.0487. The van der Waals surface area contributed by atoms with Gasteiger partial charge in [0.2, 0.25) is 0 Å². The molecule has 1 rings (SSSR count). The Bertz CT molecular complexity index is 412. The lowest BCUT2D eigenvalue weighted by molar-refractivity contribution is 0.0122. The van der Waals surface area contributed by atoms with Crippen molar-refractivity contribution < 1.29 is 4.74 Å². The van der Waals surface area contributed by atoms with Gasteiger partial charge >= 0.3 is 0 Å². The Morgan fingerprint density at radius 3 is 2.76 bits per heavy atom. The quantitative estimate of drug-likeness (QED) is 0.610. The molecule has 2 nitrogen and oxygen atoms in total. The molecule has 1 aromatic rings. The van der Waals surface area contributed by atoms with Gasteiger partial charge in [0.05, 0.1) is 5.60 Å². The maximum absolute atomic E-state index is 6.04. The van der Waals surface area contributed by atoms with Crippen LogP contribution in [0.25, 0.3) is 0 Å². The number of rotatable bonds is 10. The monoisotopic (exact) mass is 329 g/mol. The predicted octanol–water partition coefficient (Wildman–Crippen LogP) is 5.01. The minimum atomic E-state index is -0.0487. The number of hydrogen-bond donors (Lipinski definition) is 1. The molecular formula is C17H28ClNOS. The Kier molecular flexibility index (Phi) is 8.72. The van der Waals surface area contributed by atoms with Crippen LogP contribution in [-0.4, -0.2) is 31.1 Å². The van der Waals surface area contributed by atoms with Crippen LogP contribution in [-0.2, 0) is 4.74 Å². The summed E-state index contributed by atoms with van der Waals surface area (Å²) in [6.45, 7) is 7.56. The van der Waals surface area contributed by atoms with E-state index in [9.17, 15) is 0 Å². The first-order chi connectivity index (χ1) is 9.96. The molecule has 0 aliphatic carbocycles. The first kappa shape index (κ1) is 18.8. The van der Waals surface area contributed by atoms with Gasteiger partial charge in [0.1, 0.15) is 0 Å². The number of halogens is 1. The molecule has 4 heteroatoms. The molecule has 0 radical (unpaired) electrons. The van der Waals surface area contributed by atoms with Crippen molar-refractivity contribution in [2.75, 3.05) is 19.4 Å². The number of nitrogens with one attached hydrogen (secondary N) is 1. The van der Waals surface area contributed by atoms with E-state index in [1.54, 1.807) is 7.11 Å². The second-order valence-corrected chi connectivity index (χ2v) is 7.45. The molecule has 0 aromatic heterocycles. The number of ether oxygens (including phenoxy) is 1. The van der Waals surface area contributed by atoms with Gasteiger partial charge in [-0.15, -0.1) is 11.8 Å². The highest BCUT2D eigenvalue weighted by molar-refractivity contribution is 7.99. The van der Waals surface area contributed by atoms with Gasteiger partial charge in [0, 0.05) is 28.8 Å². The van der Waals surface area contributed by atoms with Gasteiger partial charge < -0.3 is 10.1 Å². The summed E-state index contributed by atoms with van der Waals surface area (Å²) in [5.74, 6) is 1.06. The van der Waals surface area contributed by atoms with Crippen molar-refractivity contribution >= 4 is 23.4 Å². The molecule has 0 fully saturated rings. The van der Waals surface area contributed by atoms with Crippen molar-refractivity contribution in [3.05, 3.63) is 29.3 Å². The van der Waals surface area contributed by atoms with E-state index in [1.165, 1.54) is 4.90 Å². The van der Waals surface area contributed by atoms with E-state index in [0.717, 1.165) is 36.6 Å². The van der Waals surface area contributed by atoms with Crippen molar-refractivity contribution in [2.45, 2.75) is 56.6 Å². The Morgan fingerprint density at radius 2 is 2.14 bits per heavy atom. The summed E-state index contributed by atoms with van der Waals surface area (Å²) in [5, 5.41) is 4.45. The molecule has 0 aliphatic rings. The van der Waals surface area contributed by atoms with Crippen LogP contribution in [0, 0.1) is 0 Å². The Hall–Kier alpha value is -0.220. The topological polar surface area (TPSA) is 21.3 Å². The molecular weight excluding hydrogens is 302 g/mol. The third-order valence-electron chi connectivity index (χ3n) is 3.58. The predicted molar refractivity (Wildman–Crippen MR) is 94.6 cm³/mol. The minimum Gasteiger partial charge on any atom is -0.379 e. The second-order valence-electron chi connectivity index (χ2n) is 5.92. The Labute approximate surface area is 139 Å². The van der Waals surface area contributed by atoms with E-state index in [0.29, 0.717) is 6.04 Å². The fourth-order valence-electron chi connectivity index (χ4n) is 1.97. The van der Waals surface area contributed by atoms with Crippen LogP contribution in [0.4, 0.5) is 0 Å². The highest BCUT2D eigenvalue weighted by Crippen LogP contribution is 2.24. The van der Waals surface area contributed by atoms with Crippen molar-refractivity contribution in [3.8, 4) is 0 Å². The van der Waals surface area contributed by atoms with E-state index in [4.69, 9.17) is 16.3 Å². The van der Waals surface area contributed by atoms with Gasteiger partial charge in [0.15, 0.2) is 0 Å². The van der Waals surface area contributed by atoms with E-state index in [-0.39, 0.29) is 5.60 Å². The first-order valence-electron chi connectivity index (χ1n) is 7.63. The smallest absolute Gasteiger partial charge is 0.0623 e. The van der Waals surface area contributed by atoms with Crippen LogP contribution >= 0.6 is 23.4 Å². The number of hydrogen-bond acceptors (Lipinski definition) is 3. The summed E-state index contributed by atoms with van der Waals surface area (Å²) >= 11 is 7.90. The number of methoxy groups -OCH3 is 1. The van der Waals surface area contributed by atoms with Crippen LogP contribution in [0.5, 0.6) is 0 Å². The normalized spacial score (nSPS) is 13.4. The average Bonchev–Trinajstić information content (AvgIpc) is 2.46. The van der Waals surface area contributed by atoms with Crippen molar-refractivity contribution in [2.24, 2.45) is 0 Å². The van der Waals surface area contributed by atoms with Gasteiger partial charge in [-0.2, -0.15) is 0 Å². The van der Waals surface area contributed by atoms with Gasteiger partial charge in [-0.1, -0.05) is 24.6 Å². The summed E-state index contributed by atoms with van der Waals surface area (Å²) in [4.78, 5) is 1.23. The van der Waals surface area contributed by atoms with Crippen molar-refractivity contribution in [3.63, 3.8) is 0 Å². The lowest BCUT2D eigenvalue weighted by Gasteiger charge is -2.26. The second kappa shape index (κ2) is 9.73. The standard InChI is InChI=1S/C17H28ClNOS/c1-5-11-19-15(9-10-17(2,3)20-4)13-21-16-8-6-7-14(18)12-16/h6-8,12,15,19H,5,9-11,13H2,1-4H3. The van der Waals surface area contributed by atoms with E-state index in [2.05, 4.69) is 32.2 Å². The van der Waals surface area contributed by atoms with Crippen LogP contribution in [0.2, 0.25) is 5.02 Å².